The van der Waals surface area contributed by atoms with Crippen molar-refractivity contribution in [1.82, 2.24) is 9.80 Å². The van der Waals surface area contributed by atoms with E-state index in [-0.39, 0.29) is 6.61 Å². The summed E-state index contributed by atoms with van der Waals surface area (Å²) < 4.78 is 0. The molecule has 1 saturated heterocycles. The summed E-state index contributed by atoms with van der Waals surface area (Å²) in [6.45, 7) is 6.60. The largest absolute Gasteiger partial charge is 0.396 e. The molecule has 1 aliphatic heterocycles. The molecule has 1 aromatic carbocycles. The summed E-state index contributed by atoms with van der Waals surface area (Å²) in [7, 11) is 2.18. The van der Waals surface area contributed by atoms with Crippen molar-refractivity contribution in [2.24, 2.45) is 0 Å². The number of aliphatic hydroxyl groups excluding tert-OH is 1. The predicted octanol–water partition coefficient (Wildman–Crippen LogP) is 2.93. The van der Waals surface area contributed by atoms with E-state index >= 15 is 0 Å². The number of hydrogen-bond acceptors (Lipinski definition) is 3. The van der Waals surface area contributed by atoms with Crippen molar-refractivity contribution in [2.45, 2.75) is 38.8 Å². The fourth-order valence-corrected chi connectivity index (χ4v) is 3.22. The second kappa shape index (κ2) is 8.14. The molecule has 1 aliphatic rings. The first-order chi connectivity index (χ1) is 10.1. The Bertz CT molecular complexity index is 444. The number of aryl methyl sites for hydroxylation is 1. The zero-order valence-corrected chi connectivity index (χ0v) is 13.9. The number of benzene rings is 1. The van der Waals surface area contributed by atoms with Gasteiger partial charge in [0.15, 0.2) is 0 Å². The number of likely N-dealkylation sites (tertiary alicyclic amines) is 1. The zero-order valence-electron chi connectivity index (χ0n) is 13.2. The maximum Gasteiger partial charge on any atom is 0.0443 e. The minimum atomic E-state index is 0.289. The molecule has 0 aliphatic carbocycles. The van der Waals surface area contributed by atoms with Gasteiger partial charge in [-0.2, -0.15) is 0 Å². The molecular formula is C17H27ClN2O. The molecule has 0 bridgehead atoms. The summed E-state index contributed by atoms with van der Waals surface area (Å²) in [6, 6.07) is 7.04. The second-order valence-electron chi connectivity index (χ2n) is 6.15. The van der Waals surface area contributed by atoms with Crippen molar-refractivity contribution in [3.8, 4) is 0 Å². The first-order valence-corrected chi connectivity index (χ1v) is 8.26. The Hall–Kier alpha value is -0.610. The van der Waals surface area contributed by atoms with Crippen LogP contribution in [0, 0.1) is 6.92 Å². The van der Waals surface area contributed by atoms with E-state index in [1.807, 2.05) is 6.92 Å². The van der Waals surface area contributed by atoms with E-state index in [0.29, 0.717) is 6.04 Å². The minimum Gasteiger partial charge on any atom is -0.396 e. The van der Waals surface area contributed by atoms with Gasteiger partial charge in [-0.3, -0.25) is 4.90 Å². The third kappa shape index (κ3) is 4.96. The fourth-order valence-electron chi connectivity index (χ4n) is 3.01. The second-order valence-corrected chi connectivity index (χ2v) is 6.56. The van der Waals surface area contributed by atoms with Crippen molar-refractivity contribution in [3.05, 3.63) is 34.3 Å². The third-order valence-electron chi connectivity index (χ3n) is 4.49. The summed E-state index contributed by atoms with van der Waals surface area (Å²) >= 11 is 6.20. The van der Waals surface area contributed by atoms with Gasteiger partial charge in [-0.15, -0.1) is 0 Å². The van der Waals surface area contributed by atoms with Crippen LogP contribution < -0.4 is 0 Å². The van der Waals surface area contributed by atoms with E-state index in [9.17, 15) is 0 Å². The minimum absolute atomic E-state index is 0.289. The van der Waals surface area contributed by atoms with Crippen molar-refractivity contribution in [3.63, 3.8) is 0 Å². The summed E-state index contributed by atoms with van der Waals surface area (Å²) in [4.78, 5) is 4.91. The van der Waals surface area contributed by atoms with Crippen LogP contribution in [-0.4, -0.2) is 54.2 Å². The van der Waals surface area contributed by atoms with E-state index in [0.717, 1.165) is 43.2 Å². The lowest BCUT2D eigenvalue weighted by molar-refractivity contribution is 0.117. The van der Waals surface area contributed by atoms with Gasteiger partial charge in [-0.1, -0.05) is 23.7 Å². The highest BCUT2D eigenvalue weighted by Crippen LogP contribution is 2.21. The molecule has 3 nitrogen and oxygen atoms in total. The first kappa shape index (κ1) is 16.8. The van der Waals surface area contributed by atoms with Gasteiger partial charge in [0.05, 0.1) is 0 Å². The molecule has 1 fully saturated rings. The molecule has 4 heteroatoms. The Morgan fingerprint density at radius 2 is 2.05 bits per heavy atom. The normalized spacial score (nSPS) is 17.6. The third-order valence-corrected chi connectivity index (χ3v) is 4.90. The molecule has 0 saturated carbocycles. The molecule has 0 unspecified atom stereocenters. The number of aliphatic hydroxyl groups is 1. The molecule has 1 heterocycles. The first-order valence-electron chi connectivity index (χ1n) is 7.88. The topological polar surface area (TPSA) is 26.7 Å². The number of hydrogen-bond donors (Lipinski definition) is 1. The molecule has 0 amide bonds. The molecule has 0 spiro atoms. The number of rotatable bonds is 6. The van der Waals surface area contributed by atoms with E-state index in [4.69, 9.17) is 16.7 Å². The maximum absolute atomic E-state index is 8.92. The van der Waals surface area contributed by atoms with Gasteiger partial charge in [-0.05, 0) is 63.5 Å². The van der Waals surface area contributed by atoms with E-state index in [2.05, 4.69) is 35.0 Å². The predicted molar refractivity (Wildman–Crippen MR) is 88.8 cm³/mol. The molecule has 2 rings (SSSR count). The molecule has 0 aromatic heterocycles. The molecule has 1 N–H and O–H groups in total. The average molecular weight is 311 g/mol. The molecule has 118 valence electrons. The van der Waals surface area contributed by atoms with E-state index < -0.39 is 0 Å². The maximum atomic E-state index is 8.92. The highest BCUT2D eigenvalue weighted by molar-refractivity contribution is 6.31. The van der Waals surface area contributed by atoms with Crippen molar-refractivity contribution in [1.29, 1.82) is 0 Å². The quantitative estimate of drug-likeness (QED) is 0.875. The van der Waals surface area contributed by atoms with Crippen LogP contribution in [0.15, 0.2) is 18.2 Å². The Morgan fingerprint density at radius 1 is 1.33 bits per heavy atom. The van der Waals surface area contributed by atoms with Crippen molar-refractivity contribution in [2.75, 3.05) is 33.3 Å². The summed E-state index contributed by atoms with van der Waals surface area (Å²) in [5.74, 6) is 0. The van der Waals surface area contributed by atoms with Crippen LogP contribution in [-0.2, 0) is 6.54 Å². The van der Waals surface area contributed by atoms with Crippen LogP contribution in [0.2, 0.25) is 5.02 Å². The lowest BCUT2D eigenvalue weighted by Crippen LogP contribution is -2.43. The Balaban J connectivity index is 1.79. The number of halogens is 1. The van der Waals surface area contributed by atoms with E-state index in [1.54, 1.807) is 0 Å². The van der Waals surface area contributed by atoms with Crippen LogP contribution in [0.1, 0.15) is 30.4 Å². The van der Waals surface area contributed by atoms with Crippen LogP contribution >= 0.6 is 11.6 Å². The van der Waals surface area contributed by atoms with Gasteiger partial charge < -0.3 is 10.0 Å². The fraction of sp³-hybridized carbons (Fsp3) is 0.647. The van der Waals surface area contributed by atoms with Crippen LogP contribution in [0.3, 0.4) is 0 Å². The average Bonchev–Trinajstić information content (AvgIpc) is 2.49. The van der Waals surface area contributed by atoms with Gasteiger partial charge in [0.25, 0.3) is 0 Å². The molecule has 21 heavy (non-hydrogen) atoms. The Labute approximate surface area is 133 Å². The van der Waals surface area contributed by atoms with Crippen LogP contribution in [0.4, 0.5) is 0 Å². The van der Waals surface area contributed by atoms with Crippen LogP contribution in [0.25, 0.3) is 0 Å². The van der Waals surface area contributed by atoms with E-state index in [1.165, 1.54) is 18.4 Å². The van der Waals surface area contributed by atoms with Gasteiger partial charge in [0.1, 0.15) is 0 Å². The molecule has 1 aromatic rings. The zero-order chi connectivity index (χ0) is 15.2. The lowest BCUT2D eigenvalue weighted by atomic mass is 10.0. The smallest absolute Gasteiger partial charge is 0.0443 e. The molecule has 0 radical (unpaired) electrons. The van der Waals surface area contributed by atoms with Gasteiger partial charge >= 0.3 is 0 Å². The standard InChI is InChI=1S/C17H27ClN2O/c1-14-4-5-15(12-17(14)18)13-20-9-6-16(7-10-20)19(2)8-3-11-21/h4-5,12,16,21H,3,6-11,13H2,1-2H3. The lowest BCUT2D eigenvalue weighted by Gasteiger charge is -2.36. The number of piperidine rings is 1. The van der Waals surface area contributed by atoms with Gasteiger partial charge in [0, 0.05) is 30.8 Å². The summed E-state index contributed by atoms with van der Waals surface area (Å²) in [6.07, 6.45) is 3.29. The Morgan fingerprint density at radius 3 is 2.67 bits per heavy atom. The highest BCUT2D eigenvalue weighted by atomic mass is 35.5. The molecule has 0 atom stereocenters. The van der Waals surface area contributed by atoms with Crippen molar-refractivity contribution < 1.29 is 5.11 Å². The van der Waals surface area contributed by atoms with Gasteiger partial charge in [-0.25, -0.2) is 0 Å². The summed E-state index contributed by atoms with van der Waals surface area (Å²) in [5.41, 5.74) is 2.45. The van der Waals surface area contributed by atoms with Crippen molar-refractivity contribution >= 4 is 11.6 Å². The summed E-state index contributed by atoms with van der Waals surface area (Å²) in [5, 5.41) is 9.78. The Kier molecular flexibility index (Phi) is 6.49. The highest BCUT2D eigenvalue weighted by Gasteiger charge is 2.22. The van der Waals surface area contributed by atoms with Crippen LogP contribution in [0.5, 0.6) is 0 Å². The SMILES string of the molecule is Cc1ccc(CN2CCC(N(C)CCCO)CC2)cc1Cl. The van der Waals surface area contributed by atoms with Gasteiger partial charge in [0.2, 0.25) is 0 Å². The monoisotopic (exact) mass is 310 g/mol. The molecular weight excluding hydrogens is 284 g/mol. The number of nitrogens with zero attached hydrogens (tertiary/aromatic N) is 2.